The zero-order valence-corrected chi connectivity index (χ0v) is 9.70. The van der Waals surface area contributed by atoms with Crippen molar-refractivity contribution in [2.45, 2.75) is 26.1 Å². The molecule has 2 aliphatic rings. The lowest BCUT2D eigenvalue weighted by Crippen LogP contribution is -2.18. The van der Waals surface area contributed by atoms with Crippen LogP contribution in [0.3, 0.4) is 0 Å². The van der Waals surface area contributed by atoms with Gasteiger partial charge in [0.15, 0.2) is 0 Å². The summed E-state index contributed by atoms with van der Waals surface area (Å²) >= 11 is 0. The van der Waals surface area contributed by atoms with E-state index in [0.29, 0.717) is 6.42 Å². The van der Waals surface area contributed by atoms with Gasteiger partial charge in [0.05, 0.1) is 0 Å². The first-order chi connectivity index (χ1) is 8.29. The van der Waals surface area contributed by atoms with Gasteiger partial charge in [0.2, 0.25) is 0 Å². The summed E-state index contributed by atoms with van der Waals surface area (Å²) in [5.74, 6) is -0.244. The van der Waals surface area contributed by atoms with Crippen molar-refractivity contribution in [1.82, 2.24) is 4.90 Å². The van der Waals surface area contributed by atoms with E-state index in [2.05, 4.69) is 0 Å². The second-order valence-corrected chi connectivity index (χ2v) is 3.73. The van der Waals surface area contributed by atoms with Gasteiger partial charge in [-0.1, -0.05) is 13.0 Å². The number of esters is 1. The number of hydrogen-bond acceptors (Lipinski definition) is 4. The number of fused-ring (bicyclic) bond motifs is 1. The second-order valence-electron chi connectivity index (χ2n) is 3.73. The molecule has 0 N–H and O–H groups in total. The Hall–Kier alpha value is -1.97. The Kier molecular flexibility index (Phi) is 3.65. The molecule has 0 radical (unpaired) electrons. The third-order valence-corrected chi connectivity index (χ3v) is 2.37. The predicted octanol–water partition coefficient (Wildman–Crippen LogP) is 2.43. The normalized spacial score (nSPS) is 21.4. The molecule has 0 aromatic heterocycles. The molecule has 0 aromatic carbocycles. The van der Waals surface area contributed by atoms with Crippen LogP contribution in [0.15, 0.2) is 48.7 Å². The van der Waals surface area contributed by atoms with Gasteiger partial charge < -0.3 is 14.4 Å². The third kappa shape index (κ3) is 3.00. The lowest BCUT2D eigenvalue weighted by molar-refractivity contribution is -0.161. The van der Waals surface area contributed by atoms with E-state index in [4.69, 9.17) is 9.47 Å². The van der Waals surface area contributed by atoms with Gasteiger partial charge in [-0.25, -0.2) is 0 Å². The molecule has 4 heteroatoms. The highest BCUT2D eigenvalue weighted by Gasteiger charge is 2.16. The fourth-order valence-electron chi connectivity index (χ4n) is 1.56. The van der Waals surface area contributed by atoms with E-state index in [9.17, 15) is 4.79 Å². The number of rotatable bonds is 3. The molecule has 0 aromatic rings. The highest BCUT2D eigenvalue weighted by molar-refractivity contribution is 5.69. The first-order valence-corrected chi connectivity index (χ1v) is 5.66. The van der Waals surface area contributed by atoms with Crippen LogP contribution in [0.2, 0.25) is 0 Å². The van der Waals surface area contributed by atoms with Crippen LogP contribution in [-0.2, 0) is 14.3 Å². The zero-order chi connectivity index (χ0) is 12.1. The first kappa shape index (κ1) is 11.5. The van der Waals surface area contributed by atoms with Crippen LogP contribution in [0, 0.1) is 0 Å². The van der Waals surface area contributed by atoms with E-state index in [1.807, 2.05) is 36.3 Å². The molecule has 0 bridgehead atoms. The van der Waals surface area contributed by atoms with Crippen molar-refractivity contribution in [1.29, 1.82) is 0 Å². The molecular formula is C13H15NO3. The SMILES string of the molecule is CCCC(=O)OC1C=C2C=CC=CN2C=CO1. The van der Waals surface area contributed by atoms with Crippen LogP contribution >= 0.6 is 0 Å². The molecule has 1 unspecified atom stereocenters. The lowest BCUT2D eigenvalue weighted by atomic mass is 10.2. The largest absolute Gasteiger partial charge is 0.457 e. The minimum Gasteiger partial charge on any atom is -0.457 e. The van der Waals surface area contributed by atoms with Gasteiger partial charge >= 0.3 is 5.97 Å². The highest BCUT2D eigenvalue weighted by atomic mass is 16.7. The van der Waals surface area contributed by atoms with Gasteiger partial charge in [-0.3, -0.25) is 4.79 Å². The average Bonchev–Trinajstić information content (AvgIpc) is 2.50. The summed E-state index contributed by atoms with van der Waals surface area (Å²) in [7, 11) is 0. The van der Waals surface area contributed by atoms with E-state index >= 15 is 0 Å². The Balaban J connectivity index is 2.05. The predicted molar refractivity (Wildman–Crippen MR) is 63.2 cm³/mol. The number of hydrogen-bond donors (Lipinski definition) is 0. The maximum atomic E-state index is 11.4. The van der Waals surface area contributed by atoms with E-state index < -0.39 is 6.29 Å². The van der Waals surface area contributed by atoms with Crippen molar-refractivity contribution >= 4 is 5.97 Å². The second kappa shape index (κ2) is 5.39. The molecular weight excluding hydrogens is 218 g/mol. The summed E-state index contributed by atoms with van der Waals surface area (Å²) in [6.07, 6.45) is 13.3. The van der Waals surface area contributed by atoms with E-state index in [0.717, 1.165) is 12.1 Å². The van der Waals surface area contributed by atoms with Gasteiger partial charge in [-0.2, -0.15) is 0 Å². The van der Waals surface area contributed by atoms with Crippen LogP contribution in [0.25, 0.3) is 0 Å². The van der Waals surface area contributed by atoms with Gasteiger partial charge in [-0.05, 0) is 18.6 Å². The van der Waals surface area contributed by atoms with Crippen LogP contribution in [0.5, 0.6) is 0 Å². The third-order valence-electron chi connectivity index (χ3n) is 2.37. The summed E-state index contributed by atoms with van der Waals surface area (Å²) in [5.41, 5.74) is 0.926. The monoisotopic (exact) mass is 233 g/mol. The van der Waals surface area contributed by atoms with Crippen LogP contribution in [0.1, 0.15) is 19.8 Å². The zero-order valence-electron chi connectivity index (χ0n) is 9.70. The molecule has 2 aliphatic heterocycles. The Morgan fingerprint density at radius 1 is 1.47 bits per heavy atom. The fourth-order valence-corrected chi connectivity index (χ4v) is 1.56. The topological polar surface area (TPSA) is 38.8 Å². The molecule has 0 amide bonds. The average molecular weight is 233 g/mol. The van der Waals surface area contributed by atoms with Crippen molar-refractivity contribution < 1.29 is 14.3 Å². The molecule has 0 aliphatic carbocycles. The fraction of sp³-hybridized carbons (Fsp3) is 0.308. The smallest absolute Gasteiger partial charge is 0.309 e. The Morgan fingerprint density at radius 2 is 2.35 bits per heavy atom. The maximum absolute atomic E-state index is 11.4. The highest BCUT2D eigenvalue weighted by Crippen LogP contribution is 2.18. The summed E-state index contributed by atoms with van der Waals surface area (Å²) in [5, 5.41) is 0. The van der Waals surface area contributed by atoms with E-state index in [-0.39, 0.29) is 5.97 Å². The number of carbonyl (C=O) groups is 1. The summed E-state index contributed by atoms with van der Waals surface area (Å²) in [6, 6.07) is 0. The molecule has 0 saturated heterocycles. The molecule has 0 spiro atoms. The van der Waals surface area contributed by atoms with Crippen molar-refractivity contribution in [2.24, 2.45) is 0 Å². The quantitative estimate of drug-likeness (QED) is 0.702. The van der Waals surface area contributed by atoms with Crippen molar-refractivity contribution in [3.05, 3.63) is 48.7 Å². The maximum Gasteiger partial charge on any atom is 0.309 e. The summed E-state index contributed by atoms with van der Waals surface area (Å²) in [4.78, 5) is 13.3. The van der Waals surface area contributed by atoms with Crippen LogP contribution in [0.4, 0.5) is 0 Å². The molecule has 90 valence electrons. The summed E-state index contributed by atoms with van der Waals surface area (Å²) < 4.78 is 10.5. The van der Waals surface area contributed by atoms with Gasteiger partial charge in [-0.15, -0.1) is 0 Å². The van der Waals surface area contributed by atoms with Crippen molar-refractivity contribution in [3.63, 3.8) is 0 Å². The van der Waals surface area contributed by atoms with E-state index in [1.165, 1.54) is 6.26 Å². The Bertz CT molecular complexity index is 407. The van der Waals surface area contributed by atoms with E-state index in [1.54, 1.807) is 12.3 Å². The van der Waals surface area contributed by atoms with Crippen LogP contribution in [-0.4, -0.2) is 17.2 Å². The molecule has 0 fully saturated rings. The lowest BCUT2D eigenvalue weighted by Gasteiger charge is -2.17. The number of allylic oxidation sites excluding steroid dienone is 3. The Labute approximate surface area is 100 Å². The molecule has 1 atom stereocenters. The Morgan fingerprint density at radius 3 is 3.18 bits per heavy atom. The standard InChI is InChI=1S/C13H15NO3/c1-2-5-12(15)17-13-10-11-6-3-4-7-14(11)8-9-16-13/h3-4,6-10,13H,2,5H2,1H3. The van der Waals surface area contributed by atoms with Crippen LogP contribution < -0.4 is 0 Å². The first-order valence-electron chi connectivity index (χ1n) is 5.66. The molecule has 4 nitrogen and oxygen atoms in total. The van der Waals surface area contributed by atoms with Gasteiger partial charge in [0, 0.05) is 30.6 Å². The number of nitrogens with zero attached hydrogens (tertiary/aromatic N) is 1. The van der Waals surface area contributed by atoms with Gasteiger partial charge in [0.25, 0.3) is 6.29 Å². The number of ether oxygens (including phenoxy) is 2. The van der Waals surface area contributed by atoms with Crippen molar-refractivity contribution in [3.8, 4) is 0 Å². The summed E-state index contributed by atoms with van der Waals surface area (Å²) in [6.45, 7) is 1.93. The number of carbonyl (C=O) groups excluding carboxylic acids is 1. The van der Waals surface area contributed by atoms with Crippen molar-refractivity contribution in [2.75, 3.05) is 0 Å². The molecule has 17 heavy (non-hydrogen) atoms. The molecule has 2 heterocycles. The minimum absolute atomic E-state index is 0.244. The van der Waals surface area contributed by atoms with Gasteiger partial charge in [0.1, 0.15) is 6.26 Å². The molecule has 0 saturated carbocycles. The molecule has 2 rings (SSSR count). The minimum atomic E-state index is -0.651.